The van der Waals surface area contributed by atoms with Gasteiger partial charge in [-0.3, -0.25) is 0 Å². The van der Waals surface area contributed by atoms with Crippen LogP contribution in [0.15, 0.2) is 0 Å². The molecule has 5 heteroatoms. The van der Waals surface area contributed by atoms with E-state index in [9.17, 15) is 8.42 Å². The van der Waals surface area contributed by atoms with E-state index in [-0.39, 0.29) is 17.5 Å². The van der Waals surface area contributed by atoms with Gasteiger partial charge in [-0.2, -0.15) is 0 Å². The van der Waals surface area contributed by atoms with Crippen LogP contribution in [0.1, 0.15) is 27.7 Å². The fourth-order valence-electron chi connectivity index (χ4n) is 1.89. The standard InChI is InChI=1S/C12H28N2O2S/c1-7-17(15,16)9-11(4)13-8-12(10(2)3)14(5)6/h10-13H,7-9H2,1-6H3. The summed E-state index contributed by atoms with van der Waals surface area (Å²) in [6.45, 7) is 8.81. The van der Waals surface area contributed by atoms with Gasteiger partial charge >= 0.3 is 0 Å². The lowest BCUT2D eigenvalue weighted by molar-refractivity contribution is 0.221. The first kappa shape index (κ1) is 16.9. The SMILES string of the molecule is CCS(=O)(=O)CC(C)NCC(C(C)C)N(C)C. The van der Waals surface area contributed by atoms with Crippen molar-refractivity contribution in [1.29, 1.82) is 0 Å². The van der Waals surface area contributed by atoms with Crippen LogP contribution in [0.5, 0.6) is 0 Å². The molecule has 0 amide bonds. The third kappa shape index (κ3) is 7.01. The van der Waals surface area contributed by atoms with Gasteiger partial charge in [0.2, 0.25) is 0 Å². The van der Waals surface area contributed by atoms with Crippen molar-refractivity contribution in [2.24, 2.45) is 5.92 Å². The number of hydrogen-bond acceptors (Lipinski definition) is 4. The summed E-state index contributed by atoms with van der Waals surface area (Å²) < 4.78 is 22.9. The lowest BCUT2D eigenvalue weighted by atomic mass is 10.0. The Labute approximate surface area is 107 Å². The first-order chi connectivity index (χ1) is 7.69. The van der Waals surface area contributed by atoms with E-state index in [1.54, 1.807) is 6.92 Å². The zero-order valence-corrected chi connectivity index (χ0v) is 12.8. The Hall–Kier alpha value is -0.130. The predicted octanol–water partition coefficient (Wildman–Crippen LogP) is 0.985. The van der Waals surface area contributed by atoms with Crippen molar-refractivity contribution in [1.82, 2.24) is 10.2 Å². The minimum atomic E-state index is -2.88. The maximum absolute atomic E-state index is 11.5. The molecule has 0 aromatic carbocycles. The van der Waals surface area contributed by atoms with Crippen molar-refractivity contribution in [2.45, 2.75) is 39.8 Å². The van der Waals surface area contributed by atoms with E-state index in [2.05, 4.69) is 38.2 Å². The highest BCUT2D eigenvalue weighted by Crippen LogP contribution is 2.06. The van der Waals surface area contributed by atoms with Crippen molar-refractivity contribution in [3.8, 4) is 0 Å². The van der Waals surface area contributed by atoms with Crippen LogP contribution >= 0.6 is 0 Å². The van der Waals surface area contributed by atoms with Crippen molar-refractivity contribution >= 4 is 9.84 Å². The van der Waals surface area contributed by atoms with Crippen LogP contribution < -0.4 is 5.32 Å². The Balaban J connectivity index is 4.18. The summed E-state index contributed by atoms with van der Waals surface area (Å²) in [5.41, 5.74) is 0. The summed E-state index contributed by atoms with van der Waals surface area (Å²) in [6.07, 6.45) is 0. The van der Waals surface area contributed by atoms with Crippen LogP contribution in [0.2, 0.25) is 0 Å². The van der Waals surface area contributed by atoms with Crippen LogP contribution in [-0.2, 0) is 9.84 Å². The zero-order valence-electron chi connectivity index (χ0n) is 12.0. The molecule has 0 aliphatic heterocycles. The number of hydrogen-bond donors (Lipinski definition) is 1. The Kier molecular flexibility index (Phi) is 7.28. The number of sulfone groups is 1. The van der Waals surface area contributed by atoms with Gasteiger partial charge in [-0.15, -0.1) is 0 Å². The molecule has 17 heavy (non-hydrogen) atoms. The van der Waals surface area contributed by atoms with E-state index in [0.29, 0.717) is 12.0 Å². The quantitative estimate of drug-likeness (QED) is 0.710. The predicted molar refractivity (Wildman–Crippen MR) is 74.1 cm³/mol. The molecule has 0 bridgehead atoms. The average Bonchev–Trinajstić information content (AvgIpc) is 2.16. The molecule has 1 N–H and O–H groups in total. The second-order valence-corrected chi connectivity index (χ2v) is 7.68. The highest BCUT2D eigenvalue weighted by atomic mass is 32.2. The molecule has 0 heterocycles. The molecule has 0 aromatic rings. The fourth-order valence-corrected chi connectivity index (χ4v) is 3.01. The molecule has 0 aromatic heterocycles. The second-order valence-electron chi connectivity index (χ2n) is 5.28. The van der Waals surface area contributed by atoms with Gasteiger partial charge in [-0.05, 0) is 26.9 Å². The van der Waals surface area contributed by atoms with Gasteiger partial charge in [0.1, 0.15) is 0 Å². The highest BCUT2D eigenvalue weighted by molar-refractivity contribution is 7.91. The third-order valence-corrected chi connectivity index (χ3v) is 4.94. The molecule has 0 fully saturated rings. The van der Waals surface area contributed by atoms with Crippen LogP contribution in [0, 0.1) is 5.92 Å². The second kappa shape index (κ2) is 7.34. The third-order valence-electron chi connectivity index (χ3n) is 3.05. The summed E-state index contributed by atoms with van der Waals surface area (Å²) in [5.74, 6) is 0.995. The van der Waals surface area contributed by atoms with E-state index < -0.39 is 9.84 Å². The normalized spacial score (nSPS) is 16.5. The molecule has 2 unspecified atom stereocenters. The number of likely N-dealkylation sites (N-methyl/N-ethyl adjacent to an activating group) is 1. The molecule has 0 aliphatic rings. The number of nitrogens with one attached hydrogen (secondary N) is 1. The molecule has 0 radical (unpaired) electrons. The first-order valence-corrected chi connectivity index (χ1v) is 8.12. The summed E-state index contributed by atoms with van der Waals surface area (Å²) in [5, 5.41) is 3.31. The summed E-state index contributed by atoms with van der Waals surface area (Å²) in [6, 6.07) is 0.447. The molecule has 0 saturated heterocycles. The van der Waals surface area contributed by atoms with Crippen LogP contribution in [0.3, 0.4) is 0 Å². The van der Waals surface area contributed by atoms with E-state index in [1.807, 2.05) is 6.92 Å². The van der Waals surface area contributed by atoms with Gasteiger partial charge in [0.15, 0.2) is 9.84 Å². The minimum absolute atomic E-state index is 0.0150. The minimum Gasteiger partial charge on any atom is -0.312 e. The highest BCUT2D eigenvalue weighted by Gasteiger charge is 2.18. The smallest absolute Gasteiger partial charge is 0.151 e. The summed E-state index contributed by atoms with van der Waals surface area (Å²) in [4.78, 5) is 2.18. The number of rotatable bonds is 8. The lowest BCUT2D eigenvalue weighted by Gasteiger charge is -2.29. The Morgan fingerprint density at radius 1 is 1.18 bits per heavy atom. The molecule has 0 rings (SSSR count). The topological polar surface area (TPSA) is 49.4 Å². The Morgan fingerprint density at radius 2 is 1.71 bits per heavy atom. The lowest BCUT2D eigenvalue weighted by Crippen LogP contribution is -2.45. The van der Waals surface area contributed by atoms with E-state index in [0.717, 1.165) is 6.54 Å². The first-order valence-electron chi connectivity index (χ1n) is 6.29. The molecule has 0 saturated carbocycles. The van der Waals surface area contributed by atoms with Crippen LogP contribution in [0.25, 0.3) is 0 Å². The van der Waals surface area contributed by atoms with Gasteiger partial charge in [0.05, 0.1) is 5.75 Å². The largest absolute Gasteiger partial charge is 0.312 e. The maximum Gasteiger partial charge on any atom is 0.151 e. The molecule has 0 spiro atoms. The Morgan fingerprint density at radius 3 is 2.06 bits per heavy atom. The average molecular weight is 264 g/mol. The molecule has 104 valence electrons. The summed E-state index contributed by atoms with van der Waals surface area (Å²) in [7, 11) is 1.23. The Bertz CT molecular complexity index is 292. The molecular weight excluding hydrogens is 236 g/mol. The van der Waals surface area contributed by atoms with Crippen molar-refractivity contribution in [3.63, 3.8) is 0 Å². The summed E-state index contributed by atoms with van der Waals surface area (Å²) >= 11 is 0. The van der Waals surface area contributed by atoms with E-state index >= 15 is 0 Å². The van der Waals surface area contributed by atoms with Gasteiger partial charge < -0.3 is 10.2 Å². The van der Waals surface area contributed by atoms with E-state index in [4.69, 9.17) is 0 Å². The molecular formula is C12H28N2O2S. The fraction of sp³-hybridized carbons (Fsp3) is 1.00. The molecule has 0 aliphatic carbocycles. The zero-order chi connectivity index (χ0) is 13.6. The number of nitrogens with zero attached hydrogens (tertiary/aromatic N) is 1. The molecule has 2 atom stereocenters. The van der Waals surface area contributed by atoms with Crippen LogP contribution in [0.4, 0.5) is 0 Å². The monoisotopic (exact) mass is 264 g/mol. The van der Waals surface area contributed by atoms with Gasteiger partial charge in [-0.1, -0.05) is 20.8 Å². The van der Waals surface area contributed by atoms with E-state index in [1.165, 1.54) is 0 Å². The van der Waals surface area contributed by atoms with Crippen molar-refractivity contribution in [3.05, 3.63) is 0 Å². The van der Waals surface area contributed by atoms with Crippen molar-refractivity contribution in [2.75, 3.05) is 32.1 Å². The molecule has 4 nitrogen and oxygen atoms in total. The maximum atomic E-state index is 11.5. The van der Waals surface area contributed by atoms with Gasteiger partial charge in [-0.25, -0.2) is 8.42 Å². The van der Waals surface area contributed by atoms with Gasteiger partial charge in [0.25, 0.3) is 0 Å². The van der Waals surface area contributed by atoms with Gasteiger partial charge in [0, 0.05) is 24.4 Å². The van der Waals surface area contributed by atoms with Crippen LogP contribution in [-0.4, -0.2) is 57.5 Å². The van der Waals surface area contributed by atoms with Crippen molar-refractivity contribution < 1.29 is 8.42 Å².